The maximum atomic E-state index is 8.91. The van der Waals surface area contributed by atoms with E-state index < -0.39 is 0 Å². The lowest BCUT2D eigenvalue weighted by Crippen LogP contribution is -2.42. The van der Waals surface area contributed by atoms with Crippen molar-refractivity contribution in [2.45, 2.75) is 31.2 Å². The van der Waals surface area contributed by atoms with Crippen LogP contribution in [-0.4, -0.2) is 17.3 Å². The van der Waals surface area contributed by atoms with Gasteiger partial charge in [-0.15, -0.1) is 0 Å². The summed E-state index contributed by atoms with van der Waals surface area (Å²) >= 11 is 0. The number of aliphatic hydroxyl groups excluding tert-OH is 1. The van der Waals surface area contributed by atoms with Crippen molar-refractivity contribution in [3.63, 3.8) is 0 Å². The summed E-state index contributed by atoms with van der Waals surface area (Å²) in [5, 5.41) is 11.8. The van der Waals surface area contributed by atoms with Gasteiger partial charge in [0.25, 0.3) is 0 Å². The zero-order valence-electron chi connectivity index (χ0n) is 5.69. The largest absolute Gasteiger partial charge is 0.394 e. The van der Waals surface area contributed by atoms with Crippen LogP contribution in [0.4, 0.5) is 0 Å². The molecule has 2 nitrogen and oxygen atoms in total. The third-order valence-corrected chi connectivity index (χ3v) is 2.24. The Hall–Kier alpha value is -0.0800. The molecule has 9 heavy (non-hydrogen) atoms. The highest BCUT2D eigenvalue weighted by molar-refractivity contribution is 4.91. The molecule has 0 aromatic rings. The van der Waals surface area contributed by atoms with Gasteiger partial charge in [0.1, 0.15) is 0 Å². The molecule has 0 unspecified atom stereocenters. The Morgan fingerprint density at radius 1 is 1.44 bits per heavy atom. The minimum atomic E-state index is -0.0278. The molecule has 0 atom stereocenters. The second-order valence-corrected chi connectivity index (χ2v) is 2.82. The van der Waals surface area contributed by atoms with E-state index in [1.54, 1.807) is 0 Å². The van der Waals surface area contributed by atoms with Crippen LogP contribution < -0.4 is 5.32 Å². The highest BCUT2D eigenvalue weighted by Crippen LogP contribution is 2.28. The molecule has 0 aromatic heterocycles. The van der Waals surface area contributed by atoms with E-state index in [1.807, 2.05) is 0 Å². The molecule has 0 amide bonds. The van der Waals surface area contributed by atoms with Gasteiger partial charge in [0.2, 0.25) is 0 Å². The average molecular weight is 128 g/mol. The molecule has 1 aliphatic rings. The summed E-state index contributed by atoms with van der Waals surface area (Å²) in [4.78, 5) is 0. The van der Waals surface area contributed by atoms with Gasteiger partial charge in [-0.1, -0.05) is 12.8 Å². The van der Waals surface area contributed by atoms with E-state index in [0.717, 1.165) is 12.8 Å². The lowest BCUT2D eigenvalue weighted by Gasteiger charge is -2.24. The van der Waals surface area contributed by atoms with E-state index >= 15 is 0 Å². The molecule has 2 N–H and O–H groups in total. The van der Waals surface area contributed by atoms with Crippen molar-refractivity contribution in [1.82, 2.24) is 5.32 Å². The molecule has 2 heteroatoms. The Balaban J connectivity index is 2.45. The van der Waals surface area contributed by atoms with Crippen LogP contribution in [0, 0.1) is 7.05 Å². The molecule has 0 spiro atoms. The van der Waals surface area contributed by atoms with E-state index in [2.05, 4.69) is 12.4 Å². The van der Waals surface area contributed by atoms with E-state index in [0.29, 0.717) is 0 Å². The molecule has 0 saturated heterocycles. The van der Waals surface area contributed by atoms with Gasteiger partial charge in [-0.05, 0) is 12.8 Å². The molecule has 53 valence electrons. The van der Waals surface area contributed by atoms with Gasteiger partial charge in [0.05, 0.1) is 6.61 Å². The summed E-state index contributed by atoms with van der Waals surface area (Å²) in [6.07, 6.45) is 4.60. The highest BCUT2D eigenvalue weighted by atomic mass is 16.3. The summed E-state index contributed by atoms with van der Waals surface area (Å²) in [6.45, 7) is 0.233. The van der Waals surface area contributed by atoms with Crippen molar-refractivity contribution in [1.29, 1.82) is 0 Å². The van der Waals surface area contributed by atoms with Gasteiger partial charge in [-0.25, -0.2) is 0 Å². The Morgan fingerprint density at radius 3 is 2.22 bits per heavy atom. The number of hydrogen-bond acceptors (Lipinski definition) is 2. The van der Waals surface area contributed by atoms with E-state index in [9.17, 15) is 0 Å². The van der Waals surface area contributed by atoms with Crippen LogP contribution >= 0.6 is 0 Å². The Morgan fingerprint density at radius 2 is 2.00 bits per heavy atom. The number of nitrogens with one attached hydrogen (secondary N) is 1. The van der Waals surface area contributed by atoms with Crippen LogP contribution in [0.2, 0.25) is 0 Å². The fourth-order valence-electron chi connectivity index (χ4n) is 1.44. The normalized spacial score (nSPS) is 24.7. The first-order valence-electron chi connectivity index (χ1n) is 3.48. The summed E-state index contributed by atoms with van der Waals surface area (Å²) in [5.41, 5.74) is -0.0278. The molecule has 1 rings (SSSR count). The third kappa shape index (κ3) is 1.25. The highest BCUT2D eigenvalue weighted by Gasteiger charge is 2.30. The predicted molar refractivity (Wildman–Crippen MR) is 36.8 cm³/mol. The number of aliphatic hydroxyl groups is 1. The Bertz CT molecular complexity index is 80.9. The van der Waals surface area contributed by atoms with Crippen LogP contribution in [-0.2, 0) is 0 Å². The molecule has 0 heterocycles. The molecular weight excluding hydrogens is 114 g/mol. The van der Waals surface area contributed by atoms with Gasteiger partial charge in [0, 0.05) is 12.6 Å². The van der Waals surface area contributed by atoms with Crippen molar-refractivity contribution >= 4 is 0 Å². The molecule has 1 fully saturated rings. The molecule has 1 aliphatic carbocycles. The van der Waals surface area contributed by atoms with E-state index in [1.165, 1.54) is 12.8 Å². The fourth-order valence-corrected chi connectivity index (χ4v) is 1.44. The number of hydrogen-bond donors (Lipinski definition) is 2. The third-order valence-electron chi connectivity index (χ3n) is 2.24. The fraction of sp³-hybridized carbons (Fsp3) is 0.857. The average Bonchev–Trinajstić information content (AvgIpc) is 2.36. The van der Waals surface area contributed by atoms with Gasteiger partial charge in [-0.3, -0.25) is 0 Å². The monoisotopic (exact) mass is 128 g/mol. The first-order chi connectivity index (χ1) is 4.33. The second-order valence-electron chi connectivity index (χ2n) is 2.82. The Labute approximate surface area is 56.3 Å². The topological polar surface area (TPSA) is 32.3 Å². The van der Waals surface area contributed by atoms with Crippen molar-refractivity contribution < 1.29 is 5.11 Å². The first-order valence-corrected chi connectivity index (χ1v) is 3.48. The summed E-state index contributed by atoms with van der Waals surface area (Å²) < 4.78 is 0. The van der Waals surface area contributed by atoms with Gasteiger partial charge < -0.3 is 10.4 Å². The van der Waals surface area contributed by atoms with Gasteiger partial charge >= 0.3 is 0 Å². The smallest absolute Gasteiger partial charge is 0.0613 e. The molecule has 0 aromatic carbocycles. The molecular formula is C7H14NO. The zero-order valence-corrected chi connectivity index (χ0v) is 5.69. The predicted octanol–water partition coefficient (Wildman–Crippen LogP) is 0.673. The van der Waals surface area contributed by atoms with Crippen LogP contribution in [0.5, 0.6) is 0 Å². The van der Waals surface area contributed by atoms with Crippen LogP contribution in [0.3, 0.4) is 0 Å². The summed E-state index contributed by atoms with van der Waals surface area (Å²) in [5.74, 6) is 0. The van der Waals surface area contributed by atoms with Gasteiger partial charge in [-0.2, -0.15) is 0 Å². The number of rotatable bonds is 2. The SMILES string of the molecule is [CH2]NC1(CO)CCCC1. The zero-order chi connectivity index (χ0) is 6.74. The van der Waals surface area contributed by atoms with Crippen molar-refractivity contribution in [2.24, 2.45) is 0 Å². The van der Waals surface area contributed by atoms with E-state index in [-0.39, 0.29) is 12.1 Å². The first kappa shape index (κ1) is 7.03. The Kier molecular flexibility index (Phi) is 2.09. The minimum Gasteiger partial charge on any atom is -0.394 e. The van der Waals surface area contributed by atoms with Crippen molar-refractivity contribution in [3.05, 3.63) is 7.05 Å². The van der Waals surface area contributed by atoms with Crippen molar-refractivity contribution in [2.75, 3.05) is 6.61 Å². The summed E-state index contributed by atoms with van der Waals surface area (Å²) in [7, 11) is 3.60. The molecule has 1 radical (unpaired) electrons. The minimum absolute atomic E-state index is 0.0278. The van der Waals surface area contributed by atoms with Crippen molar-refractivity contribution in [3.8, 4) is 0 Å². The van der Waals surface area contributed by atoms with Crippen LogP contribution in [0.1, 0.15) is 25.7 Å². The van der Waals surface area contributed by atoms with E-state index in [4.69, 9.17) is 5.11 Å². The molecule has 0 bridgehead atoms. The summed E-state index contributed by atoms with van der Waals surface area (Å²) in [6, 6.07) is 0. The molecule has 0 aliphatic heterocycles. The lowest BCUT2D eigenvalue weighted by atomic mass is 10.00. The standard InChI is InChI=1S/C7H14NO/c1-8-7(6-9)4-2-3-5-7/h8-9H,1-6H2. The van der Waals surface area contributed by atoms with Crippen LogP contribution in [0.15, 0.2) is 0 Å². The van der Waals surface area contributed by atoms with Gasteiger partial charge in [0.15, 0.2) is 0 Å². The maximum Gasteiger partial charge on any atom is 0.0613 e. The maximum absolute atomic E-state index is 8.91. The second kappa shape index (κ2) is 2.67. The quantitative estimate of drug-likeness (QED) is 0.573. The van der Waals surface area contributed by atoms with Crippen LogP contribution in [0.25, 0.3) is 0 Å². The lowest BCUT2D eigenvalue weighted by molar-refractivity contribution is 0.177. The molecule has 1 saturated carbocycles.